The summed E-state index contributed by atoms with van der Waals surface area (Å²) in [4.78, 5) is 12.1. The van der Waals surface area contributed by atoms with Crippen molar-refractivity contribution in [3.8, 4) is 5.88 Å². The Morgan fingerprint density at radius 1 is 1.47 bits per heavy atom. The van der Waals surface area contributed by atoms with Crippen LogP contribution in [0.15, 0.2) is 6.33 Å². The van der Waals surface area contributed by atoms with Crippen LogP contribution in [0.3, 0.4) is 0 Å². The zero-order valence-electron chi connectivity index (χ0n) is 10.4. The first-order chi connectivity index (χ1) is 9.15. The maximum atomic E-state index is 9.16. The summed E-state index contributed by atoms with van der Waals surface area (Å²) in [5.41, 5.74) is 6.52. The third kappa shape index (κ3) is 2.89. The zero-order chi connectivity index (χ0) is 13.8. The van der Waals surface area contributed by atoms with Gasteiger partial charge in [-0.1, -0.05) is 0 Å². The van der Waals surface area contributed by atoms with Crippen molar-refractivity contribution in [2.45, 2.75) is 12.8 Å². The summed E-state index contributed by atoms with van der Waals surface area (Å²) in [6.07, 6.45) is 0.594. The van der Waals surface area contributed by atoms with Crippen molar-refractivity contribution in [3.63, 3.8) is 0 Å². The molecule has 0 fully saturated rings. The molecule has 0 aliphatic carbocycles. The van der Waals surface area contributed by atoms with Gasteiger partial charge in [0.15, 0.2) is 11.2 Å². The highest BCUT2D eigenvalue weighted by molar-refractivity contribution is 5.77. The van der Waals surface area contributed by atoms with Crippen molar-refractivity contribution in [1.82, 2.24) is 19.5 Å². The number of hydrogen-bond donors (Lipinski definition) is 3. The van der Waals surface area contributed by atoms with E-state index in [-0.39, 0.29) is 31.8 Å². The maximum absolute atomic E-state index is 9.16. The lowest BCUT2D eigenvalue weighted by atomic mass is 10.4. The molecular formula is C10H15N5O4. The average Bonchev–Trinajstić information content (AvgIpc) is 2.80. The Morgan fingerprint density at radius 3 is 2.95 bits per heavy atom. The Labute approximate surface area is 108 Å². The molecule has 0 saturated carbocycles. The lowest BCUT2D eigenvalue weighted by Crippen LogP contribution is -2.20. The van der Waals surface area contributed by atoms with Crippen LogP contribution in [0, 0.1) is 0 Å². The molecule has 0 radical (unpaired) electrons. The second kappa shape index (κ2) is 5.78. The zero-order valence-corrected chi connectivity index (χ0v) is 10.4. The molecule has 9 heteroatoms. The molecule has 9 nitrogen and oxygen atoms in total. The number of nitrogens with zero attached hydrogens (tertiary/aromatic N) is 4. The first-order valence-electron chi connectivity index (χ1n) is 5.54. The normalized spacial score (nSPS) is 12.8. The van der Waals surface area contributed by atoms with Gasteiger partial charge >= 0.3 is 0 Å². The van der Waals surface area contributed by atoms with Crippen molar-refractivity contribution < 1.29 is 19.7 Å². The Morgan fingerprint density at radius 2 is 2.26 bits per heavy atom. The van der Waals surface area contributed by atoms with Crippen LogP contribution >= 0.6 is 0 Å². The fraction of sp³-hybridized carbons (Fsp3) is 0.500. The number of aliphatic hydroxyl groups excluding tert-OH is 2. The van der Waals surface area contributed by atoms with E-state index in [9.17, 15) is 0 Å². The molecule has 19 heavy (non-hydrogen) atoms. The van der Waals surface area contributed by atoms with Gasteiger partial charge in [0.2, 0.25) is 11.8 Å². The summed E-state index contributed by atoms with van der Waals surface area (Å²) in [6, 6.07) is 0. The number of nitrogen functional groups attached to an aromatic ring is 1. The van der Waals surface area contributed by atoms with Gasteiger partial charge in [0.25, 0.3) is 0 Å². The van der Waals surface area contributed by atoms with Gasteiger partial charge in [-0.25, -0.2) is 4.98 Å². The van der Waals surface area contributed by atoms with Gasteiger partial charge in [-0.3, -0.25) is 4.57 Å². The van der Waals surface area contributed by atoms with Crippen molar-refractivity contribution in [1.29, 1.82) is 0 Å². The Kier molecular flexibility index (Phi) is 4.10. The van der Waals surface area contributed by atoms with Crippen LogP contribution in [0.1, 0.15) is 0 Å². The molecule has 0 aromatic carbocycles. The van der Waals surface area contributed by atoms with Gasteiger partial charge in [-0.2, -0.15) is 9.97 Å². The first kappa shape index (κ1) is 13.5. The van der Waals surface area contributed by atoms with Crippen LogP contribution in [0.25, 0.3) is 11.2 Å². The molecule has 1 atom stereocenters. The molecule has 0 amide bonds. The van der Waals surface area contributed by atoms with E-state index in [1.807, 2.05) is 0 Å². The quantitative estimate of drug-likeness (QED) is 0.593. The second-order valence-corrected chi connectivity index (χ2v) is 3.81. The highest BCUT2D eigenvalue weighted by Gasteiger charge is 2.12. The lowest BCUT2D eigenvalue weighted by molar-refractivity contribution is -0.0163. The van der Waals surface area contributed by atoms with E-state index >= 15 is 0 Å². The number of hydrogen-bond acceptors (Lipinski definition) is 8. The van der Waals surface area contributed by atoms with Crippen LogP contribution in [-0.4, -0.2) is 56.2 Å². The number of rotatable bonds is 6. The second-order valence-electron chi connectivity index (χ2n) is 3.81. The van der Waals surface area contributed by atoms with Gasteiger partial charge in [0, 0.05) is 0 Å². The number of aliphatic hydroxyl groups is 2. The molecular weight excluding hydrogens is 254 g/mol. The van der Waals surface area contributed by atoms with E-state index in [2.05, 4.69) is 15.0 Å². The fourth-order valence-corrected chi connectivity index (χ4v) is 1.51. The molecule has 2 aromatic heterocycles. The number of imidazole rings is 1. The van der Waals surface area contributed by atoms with Crippen molar-refractivity contribution in [2.75, 3.05) is 26.1 Å². The molecule has 0 aliphatic rings. The molecule has 0 spiro atoms. The van der Waals surface area contributed by atoms with E-state index in [4.69, 9.17) is 25.4 Å². The van der Waals surface area contributed by atoms with Gasteiger partial charge in [0.1, 0.15) is 12.8 Å². The Hall–Kier alpha value is -1.97. The molecule has 2 aromatic rings. The highest BCUT2D eigenvalue weighted by atomic mass is 16.5. The van der Waals surface area contributed by atoms with Crippen LogP contribution in [-0.2, 0) is 11.5 Å². The van der Waals surface area contributed by atoms with Gasteiger partial charge < -0.3 is 25.4 Å². The third-order valence-electron chi connectivity index (χ3n) is 2.39. The summed E-state index contributed by atoms with van der Waals surface area (Å²) in [7, 11) is 1.47. The maximum Gasteiger partial charge on any atom is 0.246 e. The molecule has 0 bridgehead atoms. The number of anilines is 1. The lowest BCUT2D eigenvalue weighted by Gasteiger charge is -2.09. The minimum Gasteiger partial charge on any atom is -0.479 e. The predicted octanol–water partition coefficient (Wildman–Crippen LogP) is -1.26. The van der Waals surface area contributed by atoms with E-state index in [1.165, 1.54) is 13.4 Å². The minimum absolute atomic E-state index is 0.00781. The topological polar surface area (TPSA) is 129 Å². The number of ether oxygens (including phenoxy) is 2. The molecule has 2 rings (SSSR count). The number of fused-ring (bicyclic) bond motifs is 1. The molecule has 104 valence electrons. The van der Waals surface area contributed by atoms with Crippen LogP contribution in [0.4, 0.5) is 5.95 Å². The van der Waals surface area contributed by atoms with Gasteiger partial charge in [-0.15, -0.1) is 0 Å². The molecule has 0 aliphatic heterocycles. The van der Waals surface area contributed by atoms with Crippen LogP contribution in [0.2, 0.25) is 0 Å². The molecule has 1 unspecified atom stereocenters. The van der Waals surface area contributed by atoms with Crippen molar-refractivity contribution in [3.05, 3.63) is 6.33 Å². The summed E-state index contributed by atoms with van der Waals surface area (Å²) in [6.45, 7) is -0.228. The smallest absolute Gasteiger partial charge is 0.246 e. The van der Waals surface area contributed by atoms with Crippen molar-refractivity contribution in [2.24, 2.45) is 0 Å². The Balaban J connectivity index is 2.18. The SMILES string of the molecule is COc1nc(N)nc2c1ncn2COCC(O)CO. The average molecular weight is 269 g/mol. The number of methoxy groups -OCH3 is 1. The predicted molar refractivity (Wildman–Crippen MR) is 65.3 cm³/mol. The molecule has 0 saturated heterocycles. The van der Waals surface area contributed by atoms with E-state index in [0.29, 0.717) is 11.2 Å². The monoisotopic (exact) mass is 269 g/mol. The fourth-order valence-electron chi connectivity index (χ4n) is 1.51. The van der Waals surface area contributed by atoms with Gasteiger partial charge in [-0.05, 0) is 0 Å². The van der Waals surface area contributed by atoms with E-state index < -0.39 is 6.10 Å². The Bertz CT molecular complexity index is 558. The molecule has 4 N–H and O–H groups in total. The largest absolute Gasteiger partial charge is 0.479 e. The van der Waals surface area contributed by atoms with Crippen molar-refractivity contribution >= 4 is 17.1 Å². The number of nitrogens with two attached hydrogens (primary N) is 1. The summed E-state index contributed by atoms with van der Waals surface area (Å²) < 4.78 is 11.9. The summed E-state index contributed by atoms with van der Waals surface area (Å²) >= 11 is 0. The van der Waals surface area contributed by atoms with Gasteiger partial charge in [0.05, 0.1) is 26.7 Å². The minimum atomic E-state index is -0.913. The third-order valence-corrected chi connectivity index (χ3v) is 2.39. The van der Waals surface area contributed by atoms with E-state index in [0.717, 1.165) is 0 Å². The number of aromatic nitrogens is 4. The van der Waals surface area contributed by atoms with Crippen LogP contribution in [0.5, 0.6) is 5.88 Å². The highest BCUT2D eigenvalue weighted by Crippen LogP contribution is 2.21. The molecule has 2 heterocycles. The first-order valence-corrected chi connectivity index (χ1v) is 5.54. The summed E-state index contributed by atoms with van der Waals surface area (Å²) in [5.74, 6) is 0.359. The van der Waals surface area contributed by atoms with E-state index in [1.54, 1.807) is 4.57 Å². The van der Waals surface area contributed by atoms with Crippen LogP contribution < -0.4 is 10.5 Å². The standard InChI is InChI=1S/C10H15N5O4/c1-18-9-7-8(13-10(11)14-9)15(4-12-7)5-19-3-6(17)2-16/h4,6,16-17H,2-3,5H2,1H3,(H2,11,13,14). The summed E-state index contributed by atoms with van der Waals surface area (Å²) in [5, 5.41) is 17.8.